The smallest absolute Gasteiger partial charge is 0.433 e. The first kappa shape index (κ1) is 16.3. The number of aromatic nitrogens is 2. The molecule has 0 radical (unpaired) electrons. The number of halogens is 4. The van der Waals surface area contributed by atoms with E-state index < -0.39 is 11.9 Å². The minimum atomic E-state index is -4.58. The molecule has 0 spiro atoms. The summed E-state index contributed by atoms with van der Waals surface area (Å²) in [5.74, 6) is 0.426. The van der Waals surface area contributed by atoms with Gasteiger partial charge in [0.2, 0.25) is 5.95 Å². The first-order chi connectivity index (χ1) is 11.4. The van der Waals surface area contributed by atoms with Gasteiger partial charge in [0.1, 0.15) is 5.76 Å². The van der Waals surface area contributed by atoms with Crippen molar-refractivity contribution in [2.75, 3.05) is 5.32 Å². The molecule has 0 fully saturated rings. The van der Waals surface area contributed by atoms with E-state index in [2.05, 4.69) is 15.3 Å². The fourth-order valence-electron chi connectivity index (χ4n) is 2.02. The number of hydrogen-bond donors (Lipinski definition) is 1. The Hall–Kier alpha value is -2.54. The predicted octanol–water partition coefficient (Wildman–Crippen LogP) is 5.02. The van der Waals surface area contributed by atoms with Crippen molar-refractivity contribution in [1.82, 2.24) is 9.97 Å². The summed E-state index contributed by atoms with van der Waals surface area (Å²) < 4.78 is 44.4. The van der Waals surface area contributed by atoms with Gasteiger partial charge in [-0.1, -0.05) is 23.7 Å². The molecule has 0 bridgehead atoms. The van der Waals surface area contributed by atoms with E-state index >= 15 is 0 Å². The van der Waals surface area contributed by atoms with Gasteiger partial charge in [-0.2, -0.15) is 13.2 Å². The lowest BCUT2D eigenvalue weighted by Gasteiger charge is -2.11. The molecule has 1 aromatic carbocycles. The zero-order valence-electron chi connectivity index (χ0n) is 12.1. The highest BCUT2D eigenvalue weighted by Gasteiger charge is 2.33. The van der Waals surface area contributed by atoms with Crippen molar-refractivity contribution in [3.8, 4) is 11.3 Å². The Balaban J connectivity index is 1.95. The Bertz CT molecular complexity index is 818. The molecule has 0 saturated carbocycles. The fourth-order valence-corrected chi connectivity index (χ4v) is 2.15. The number of rotatable bonds is 4. The number of nitrogens with one attached hydrogen (secondary N) is 1. The number of furan rings is 1. The van der Waals surface area contributed by atoms with E-state index in [1.807, 2.05) is 0 Å². The van der Waals surface area contributed by atoms with Crippen molar-refractivity contribution in [2.24, 2.45) is 0 Å². The van der Waals surface area contributed by atoms with E-state index in [1.54, 1.807) is 36.4 Å². The second-order valence-electron chi connectivity index (χ2n) is 4.90. The van der Waals surface area contributed by atoms with Gasteiger partial charge in [0.25, 0.3) is 0 Å². The van der Waals surface area contributed by atoms with Crippen LogP contribution in [0.2, 0.25) is 5.02 Å². The zero-order chi connectivity index (χ0) is 17.2. The normalized spacial score (nSPS) is 11.5. The van der Waals surface area contributed by atoms with Crippen LogP contribution in [0.3, 0.4) is 0 Å². The zero-order valence-corrected chi connectivity index (χ0v) is 12.9. The molecule has 0 atom stereocenters. The summed E-state index contributed by atoms with van der Waals surface area (Å²) in [5.41, 5.74) is -0.367. The van der Waals surface area contributed by atoms with Gasteiger partial charge in [-0.15, -0.1) is 0 Å². The van der Waals surface area contributed by atoms with Crippen LogP contribution in [0.15, 0.2) is 53.1 Å². The summed E-state index contributed by atoms with van der Waals surface area (Å²) in [7, 11) is 0. The molecule has 1 N–H and O–H groups in total. The summed E-state index contributed by atoms with van der Waals surface area (Å²) in [6.07, 6.45) is -3.10. The van der Waals surface area contributed by atoms with Crippen molar-refractivity contribution in [3.05, 3.63) is 65.2 Å². The summed E-state index contributed by atoms with van der Waals surface area (Å²) in [5, 5.41) is 3.23. The lowest BCUT2D eigenvalue weighted by molar-refractivity contribution is -0.141. The van der Waals surface area contributed by atoms with Crippen LogP contribution in [-0.4, -0.2) is 9.97 Å². The monoisotopic (exact) mass is 353 g/mol. The molecule has 3 rings (SSSR count). The van der Waals surface area contributed by atoms with Crippen LogP contribution in [0.5, 0.6) is 0 Å². The maximum atomic E-state index is 13.1. The van der Waals surface area contributed by atoms with Crippen LogP contribution >= 0.6 is 11.6 Å². The molecule has 0 aliphatic heterocycles. The van der Waals surface area contributed by atoms with Crippen molar-refractivity contribution in [2.45, 2.75) is 12.7 Å². The first-order valence-corrected chi connectivity index (χ1v) is 7.28. The molecule has 3 aromatic rings. The third-order valence-corrected chi connectivity index (χ3v) is 3.41. The Morgan fingerprint density at radius 3 is 2.46 bits per heavy atom. The molecule has 0 amide bonds. The van der Waals surface area contributed by atoms with E-state index in [0.29, 0.717) is 16.3 Å². The maximum absolute atomic E-state index is 13.1. The number of nitrogens with zero attached hydrogens (tertiary/aromatic N) is 2. The van der Waals surface area contributed by atoms with Crippen LogP contribution < -0.4 is 5.32 Å². The molecule has 0 unspecified atom stereocenters. The van der Waals surface area contributed by atoms with Crippen molar-refractivity contribution >= 4 is 17.5 Å². The van der Waals surface area contributed by atoms with Crippen molar-refractivity contribution in [3.63, 3.8) is 0 Å². The van der Waals surface area contributed by atoms with Crippen molar-refractivity contribution < 1.29 is 17.6 Å². The highest BCUT2D eigenvalue weighted by Crippen LogP contribution is 2.31. The number of alkyl halides is 3. The summed E-state index contributed by atoms with van der Waals surface area (Å²) >= 11 is 5.81. The lowest BCUT2D eigenvalue weighted by Crippen LogP contribution is -2.12. The van der Waals surface area contributed by atoms with Crippen LogP contribution in [0, 0.1) is 0 Å². The molecule has 0 aliphatic carbocycles. The minimum Gasteiger partial charge on any atom is -0.467 e. The van der Waals surface area contributed by atoms with E-state index in [0.717, 1.165) is 6.07 Å². The molecule has 0 saturated heterocycles. The van der Waals surface area contributed by atoms with Crippen LogP contribution in [0.25, 0.3) is 11.3 Å². The second-order valence-corrected chi connectivity index (χ2v) is 5.34. The molecule has 24 heavy (non-hydrogen) atoms. The summed E-state index contributed by atoms with van der Waals surface area (Å²) in [4.78, 5) is 7.67. The molecule has 4 nitrogen and oxygen atoms in total. The SMILES string of the molecule is FC(F)(F)c1cc(-c2ccc(Cl)cc2)nc(NCc2ccco2)n1. The third kappa shape index (κ3) is 3.86. The molecule has 124 valence electrons. The maximum Gasteiger partial charge on any atom is 0.433 e. The standard InChI is InChI=1S/C16H11ClF3N3O/c17-11-5-3-10(4-6-11)13-8-14(16(18,19)20)23-15(22-13)21-9-12-2-1-7-24-12/h1-8H,9H2,(H,21,22,23). The first-order valence-electron chi connectivity index (χ1n) is 6.90. The summed E-state index contributed by atoms with van der Waals surface area (Å²) in [6, 6.07) is 10.7. The lowest BCUT2D eigenvalue weighted by atomic mass is 10.1. The Morgan fingerprint density at radius 1 is 1.08 bits per heavy atom. The van der Waals surface area contributed by atoms with Gasteiger partial charge >= 0.3 is 6.18 Å². The Kier molecular flexibility index (Phi) is 4.44. The van der Waals surface area contributed by atoms with Gasteiger partial charge in [0.05, 0.1) is 18.5 Å². The van der Waals surface area contributed by atoms with Crippen LogP contribution in [0.4, 0.5) is 19.1 Å². The van der Waals surface area contributed by atoms with Crippen LogP contribution in [0.1, 0.15) is 11.5 Å². The highest BCUT2D eigenvalue weighted by atomic mass is 35.5. The van der Waals surface area contributed by atoms with Gasteiger partial charge in [0, 0.05) is 10.6 Å². The average Bonchev–Trinajstić information content (AvgIpc) is 3.06. The number of benzene rings is 1. The molecule has 8 heteroatoms. The minimum absolute atomic E-state index is 0.133. The number of hydrogen-bond acceptors (Lipinski definition) is 4. The highest BCUT2D eigenvalue weighted by molar-refractivity contribution is 6.30. The molecule has 2 heterocycles. The predicted molar refractivity (Wildman–Crippen MR) is 83.5 cm³/mol. The van der Waals surface area contributed by atoms with Gasteiger partial charge in [-0.25, -0.2) is 9.97 Å². The molecular weight excluding hydrogens is 343 g/mol. The van der Waals surface area contributed by atoms with E-state index in [-0.39, 0.29) is 18.2 Å². The fraction of sp³-hybridized carbons (Fsp3) is 0.125. The third-order valence-electron chi connectivity index (χ3n) is 3.16. The quantitative estimate of drug-likeness (QED) is 0.715. The van der Waals surface area contributed by atoms with E-state index in [9.17, 15) is 13.2 Å². The van der Waals surface area contributed by atoms with Crippen molar-refractivity contribution in [1.29, 1.82) is 0 Å². The topological polar surface area (TPSA) is 51.0 Å². The van der Waals surface area contributed by atoms with Gasteiger partial charge in [-0.3, -0.25) is 0 Å². The Morgan fingerprint density at radius 2 is 1.83 bits per heavy atom. The van der Waals surface area contributed by atoms with Gasteiger partial charge in [-0.05, 0) is 30.3 Å². The van der Waals surface area contributed by atoms with Crippen LogP contribution in [-0.2, 0) is 12.7 Å². The second kappa shape index (κ2) is 6.52. The number of anilines is 1. The Labute approximate surface area is 140 Å². The molecule has 0 aliphatic rings. The van der Waals surface area contributed by atoms with E-state index in [1.165, 1.54) is 6.26 Å². The molecule has 2 aromatic heterocycles. The summed E-state index contributed by atoms with van der Waals surface area (Å²) in [6.45, 7) is 0.175. The average molecular weight is 354 g/mol. The largest absolute Gasteiger partial charge is 0.467 e. The van der Waals surface area contributed by atoms with E-state index in [4.69, 9.17) is 16.0 Å². The van der Waals surface area contributed by atoms with Gasteiger partial charge < -0.3 is 9.73 Å². The molecular formula is C16H11ClF3N3O. The van der Waals surface area contributed by atoms with Gasteiger partial charge in [0.15, 0.2) is 5.69 Å².